The molecule has 4 rings (SSSR count). The molecule has 2 aromatic rings. The Morgan fingerprint density at radius 3 is 2.81 bits per heavy atom. The van der Waals surface area contributed by atoms with Crippen molar-refractivity contribution in [2.45, 2.75) is 24.6 Å². The third kappa shape index (κ3) is 3.07. The molecular formula is C18H22N4O3S. The molecule has 138 valence electrons. The average molecular weight is 374 g/mol. The van der Waals surface area contributed by atoms with E-state index in [0.717, 1.165) is 11.4 Å². The molecule has 4 heterocycles. The number of aryl methyl sites for hydroxylation is 1. The maximum Gasteiger partial charge on any atom is 0.316 e. The van der Waals surface area contributed by atoms with Crippen LogP contribution in [0.1, 0.15) is 17.8 Å². The summed E-state index contributed by atoms with van der Waals surface area (Å²) in [6.07, 6.45) is 4.04. The van der Waals surface area contributed by atoms with E-state index in [2.05, 4.69) is 19.9 Å². The van der Waals surface area contributed by atoms with Crippen molar-refractivity contribution in [3.63, 3.8) is 0 Å². The van der Waals surface area contributed by atoms with Gasteiger partial charge in [-0.3, -0.25) is 9.88 Å². The second-order valence-corrected chi connectivity index (χ2v) is 9.58. The number of pyridine rings is 1. The lowest BCUT2D eigenvalue weighted by Gasteiger charge is -2.49. The second-order valence-electron chi connectivity index (χ2n) is 7.13. The summed E-state index contributed by atoms with van der Waals surface area (Å²) < 4.78 is 30.4. The van der Waals surface area contributed by atoms with E-state index in [9.17, 15) is 8.42 Å². The average Bonchev–Trinajstić information content (AvgIpc) is 2.85. The molecule has 2 fully saturated rings. The number of sulfone groups is 1. The molecule has 2 saturated heterocycles. The highest BCUT2D eigenvalue weighted by molar-refractivity contribution is 7.93. The molecular weight excluding hydrogens is 352 g/mol. The number of hydrogen-bond acceptors (Lipinski definition) is 7. The Labute approximate surface area is 153 Å². The van der Waals surface area contributed by atoms with Gasteiger partial charge in [0.25, 0.3) is 0 Å². The van der Waals surface area contributed by atoms with Gasteiger partial charge in [0, 0.05) is 43.6 Å². The van der Waals surface area contributed by atoms with Crippen molar-refractivity contribution in [2.24, 2.45) is 5.92 Å². The van der Waals surface area contributed by atoms with Crippen LogP contribution in [0.25, 0.3) is 0 Å². The lowest BCUT2D eigenvalue weighted by atomic mass is 9.83. The number of hydrogen-bond donors (Lipinski definition) is 0. The Morgan fingerprint density at radius 2 is 2.08 bits per heavy atom. The van der Waals surface area contributed by atoms with E-state index in [1.54, 1.807) is 18.5 Å². The molecule has 7 nitrogen and oxygen atoms in total. The van der Waals surface area contributed by atoms with E-state index < -0.39 is 14.6 Å². The quantitative estimate of drug-likeness (QED) is 0.778. The Morgan fingerprint density at radius 1 is 1.23 bits per heavy atom. The maximum absolute atomic E-state index is 12.7. The van der Waals surface area contributed by atoms with Crippen LogP contribution in [-0.4, -0.2) is 58.5 Å². The van der Waals surface area contributed by atoms with Crippen LogP contribution < -0.4 is 4.74 Å². The summed E-state index contributed by atoms with van der Waals surface area (Å²) in [4.78, 5) is 14.8. The van der Waals surface area contributed by atoms with Crippen LogP contribution in [0.4, 0.5) is 0 Å². The first kappa shape index (κ1) is 17.4. The monoisotopic (exact) mass is 374 g/mol. The topological polar surface area (TPSA) is 85.3 Å². The molecule has 0 amide bonds. The third-order valence-corrected chi connectivity index (χ3v) is 7.98. The van der Waals surface area contributed by atoms with Crippen molar-refractivity contribution < 1.29 is 13.2 Å². The SMILES string of the molecule is Cc1ccnc(OC[C@@H]2CCS(=O)(=O)C23CN(Cc2ccccn2)C3)n1. The van der Waals surface area contributed by atoms with Gasteiger partial charge in [-0.1, -0.05) is 6.07 Å². The fourth-order valence-corrected chi connectivity index (χ4v) is 6.38. The summed E-state index contributed by atoms with van der Waals surface area (Å²) in [7, 11) is -3.12. The highest BCUT2D eigenvalue weighted by atomic mass is 32.2. The van der Waals surface area contributed by atoms with Crippen molar-refractivity contribution in [2.75, 3.05) is 25.4 Å². The predicted octanol–water partition coefficient (Wildman–Crippen LogP) is 1.25. The molecule has 0 saturated carbocycles. The number of aromatic nitrogens is 3. The third-order valence-electron chi connectivity index (χ3n) is 5.38. The van der Waals surface area contributed by atoms with Gasteiger partial charge in [-0.05, 0) is 31.5 Å². The first-order chi connectivity index (χ1) is 12.5. The summed E-state index contributed by atoms with van der Waals surface area (Å²) in [5.41, 5.74) is 1.78. The lowest BCUT2D eigenvalue weighted by molar-refractivity contribution is 0.0562. The van der Waals surface area contributed by atoms with Crippen LogP contribution in [0, 0.1) is 12.8 Å². The Kier molecular flexibility index (Phi) is 4.40. The fourth-order valence-electron chi connectivity index (χ4n) is 3.92. The highest BCUT2D eigenvalue weighted by Crippen LogP contribution is 2.45. The minimum absolute atomic E-state index is 0.0309. The Balaban J connectivity index is 1.43. The van der Waals surface area contributed by atoms with Gasteiger partial charge in [0.05, 0.1) is 18.1 Å². The maximum atomic E-state index is 12.7. The predicted molar refractivity (Wildman–Crippen MR) is 96.4 cm³/mol. The van der Waals surface area contributed by atoms with Crippen molar-refractivity contribution in [3.05, 3.63) is 48.0 Å². The van der Waals surface area contributed by atoms with Crippen LogP contribution in [0.5, 0.6) is 6.01 Å². The molecule has 0 N–H and O–H groups in total. The highest BCUT2D eigenvalue weighted by Gasteiger charge is 2.61. The van der Waals surface area contributed by atoms with Gasteiger partial charge in [-0.25, -0.2) is 18.4 Å². The first-order valence-electron chi connectivity index (χ1n) is 8.75. The summed E-state index contributed by atoms with van der Waals surface area (Å²) in [6, 6.07) is 7.90. The van der Waals surface area contributed by atoms with Crippen molar-refractivity contribution in [1.29, 1.82) is 0 Å². The molecule has 2 aliphatic rings. The van der Waals surface area contributed by atoms with Gasteiger partial charge >= 0.3 is 6.01 Å². The van der Waals surface area contributed by atoms with Crippen molar-refractivity contribution in [1.82, 2.24) is 19.9 Å². The molecule has 0 aromatic carbocycles. The minimum atomic E-state index is -3.12. The lowest BCUT2D eigenvalue weighted by Crippen LogP contribution is -2.67. The fraction of sp³-hybridized carbons (Fsp3) is 0.500. The largest absolute Gasteiger partial charge is 0.463 e. The van der Waals surface area contributed by atoms with Crippen LogP contribution in [0.15, 0.2) is 36.7 Å². The van der Waals surface area contributed by atoms with Gasteiger partial charge in [-0.2, -0.15) is 0 Å². The summed E-state index contributed by atoms with van der Waals surface area (Å²) >= 11 is 0. The zero-order valence-electron chi connectivity index (χ0n) is 14.7. The second kappa shape index (κ2) is 6.59. The Hall–Kier alpha value is -2.06. The zero-order chi connectivity index (χ0) is 18.2. The zero-order valence-corrected chi connectivity index (χ0v) is 15.5. The molecule has 26 heavy (non-hydrogen) atoms. The van der Waals surface area contributed by atoms with Crippen LogP contribution in [-0.2, 0) is 16.4 Å². The normalized spacial score (nSPS) is 23.7. The number of likely N-dealkylation sites (tertiary alicyclic amines) is 1. The van der Waals surface area contributed by atoms with E-state index in [-0.39, 0.29) is 11.7 Å². The van der Waals surface area contributed by atoms with Crippen LogP contribution in [0.3, 0.4) is 0 Å². The summed E-state index contributed by atoms with van der Waals surface area (Å²) in [5.74, 6) is 0.198. The smallest absolute Gasteiger partial charge is 0.316 e. The standard InChI is InChI=1S/C18H22N4O3S/c1-14-5-8-20-17(21-14)25-11-15-6-9-26(23,24)18(15)12-22(13-18)10-16-4-2-3-7-19-16/h2-5,7-8,15H,6,9-13H2,1H3/t15-/m0/s1. The number of nitrogens with zero attached hydrogens (tertiary/aromatic N) is 4. The van der Waals surface area contributed by atoms with Gasteiger partial charge in [0.2, 0.25) is 0 Å². The van der Waals surface area contributed by atoms with Crippen LogP contribution >= 0.6 is 0 Å². The van der Waals surface area contributed by atoms with Crippen molar-refractivity contribution >= 4 is 9.84 Å². The molecule has 2 aliphatic heterocycles. The van der Waals surface area contributed by atoms with E-state index >= 15 is 0 Å². The molecule has 0 bridgehead atoms. The van der Waals surface area contributed by atoms with Gasteiger partial charge in [-0.15, -0.1) is 0 Å². The minimum Gasteiger partial charge on any atom is -0.463 e. The van der Waals surface area contributed by atoms with E-state index in [1.165, 1.54) is 0 Å². The molecule has 8 heteroatoms. The van der Waals surface area contributed by atoms with Crippen LogP contribution in [0.2, 0.25) is 0 Å². The Bertz CT molecular complexity index is 882. The first-order valence-corrected chi connectivity index (χ1v) is 10.4. The van der Waals surface area contributed by atoms with Crippen molar-refractivity contribution in [3.8, 4) is 6.01 Å². The molecule has 0 unspecified atom stereocenters. The molecule has 0 aliphatic carbocycles. The number of rotatable bonds is 5. The number of ether oxygens (including phenoxy) is 1. The van der Waals surface area contributed by atoms with Gasteiger partial charge in [0.1, 0.15) is 4.75 Å². The molecule has 1 spiro atoms. The van der Waals surface area contributed by atoms with Gasteiger partial charge < -0.3 is 4.74 Å². The van der Waals surface area contributed by atoms with E-state index in [1.807, 2.05) is 25.1 Å². The molecule has 2 aromatic heterocycles. The van der Waals surface area contributed by atoms with E-state index in [4.69, 9.17) is 4.74 Å². The molecule has 1 atom stereocenters. The molecule has 0 radical (unpaired) electrons. The van der Waals surface area contributed by atoms with E-state index in [0.29, 0.717) is 38.7 Å². The summed E-state index contributed by atoms with van der Waals surface area (Å²) in [5, 5.41) is 0. The van der Waals surface area contributed by atoms with Gasteiger partial charge in [0.15, 0.2) is 9.84 Å². The summed E-state index contributed by atoms with van der Waals surface area (Å²) in [6.45, 7) is 3.95.